The summed E-state index contributed by atoms with van der Waals surface area (Å²) in [7, 11) is -3.80. The number of para-hydroxylation sites is 1. The van der Waals surface area contributed by atoms with Crippen LogP contribution in [0.15, 0.2) is 84.0 Å². The lowest BCUT2D eigenvalue weighted by Crippen LogP contribution is -2.31. The van der Waals surface area contributed by atoms with Gasteiger partial charge in [0.2, 0.25) is 0 Å². The van der Waals surface area contributed by atoms with E-state index in [-0.39, 0.29) is 29.0 Å². The second-order valence-electron chi connectivity index (χ2n) is 6.51. The van der Waals surface area contributed by atoms with E-state index in [9.17, 15) is 13.2 Å². The Morgan fingerprint density at radius 1 is 1.07 bits per heavy atom. The summed E-state index contributed by atoms with van der Waals surface area (Å²) in [6.45, 7) is 3.90. The Labute approximate surface area is 171 Å². The average Bonchev–Trinajstić information content (AvgIpc) is 2.75. The molecular weight excluding hydrogens is 386 g/mol. The Balaban J connectivity index is 1.85. The van der Waals surface area contributed by atoms with Crippen molar-refractivity contribution in [1.29, 1.82) is 0 Å². The number of carbonyl (C=O) groups is 1. The van der Waals surface area contributed by atoms with Crippen molar-refractivity contribution in [3.63, 3.8) is 0 Å². The van der Waals surface area contributed by atoms with Gasteiger partial charge in [0.15, 0.2) is 0 Å². The van der Waals surface area contributed by atoms with Crippen molar-refractivity contribution >= 4 is 21.6 Å². The molecule has 1 unspecified atom stereocenters. The van der Waals surface area contributed by atoms with Gasteiger partial charge >= 0.3 is 0 Å². The first kappa shape index (κ1) is 20.5. The van der Waals surface area contributed by atoms with Crippen LogP contribution in [0.25, 0.3) is 0 Å². The fourth-order valence-corrected chi connectivity index (χ4v) is 4.53. The molecule has 1 atom stereocenters. The average molecular weight is 410 g/mol. The van der Waals surface area contributed by atoms with Crippen molar-refractivity contribution in [2.75, 3.05) is 10.8 Å². The van der Waals surface area contributed by atoms with Crippen LogP contribution in [0, 0.1) is 0 Å². The zero-order valence-electron chi connectivity index (χ0n) is 16.3. The fourth-order valence-electron chi connectivity index (χ4n) is 3.01. The fraction of sp³-hybridized carbons (Fsp3) is 0.182. The number of hydrogen-bond donors (Lipinski definition) is 1. The number of nitrogens with zero attached hydrogens (tertiary/aromatic N) is 2. The quantitative estimate of drug-likeness (QED) is 0.644. The van der Waals surface area contributed by atoms with E-state index in [2.05, 4.69) is 10.3 Å². The molecule has 0 aliphatic carbocycles. The number of benzene rings is 2. The largest absolute Gasteiger partial charge is 0.345 e. The minimum atomic E-state index is -3.80. The minimum absolute atomic E-state index is 0.0740. The molecule has 1 heterocycles. The number of nitrogens with one attached hydrogen (secondary N) is 1. The molecule has 0 spiro atoms. The Morgan fingerprint density at radius 3 is 2.48 bits per heavy atom. The summed E-state index contributed by atoms with van der Waals surface area (Å²) in [5.74, 6) is -0.346. The summed E-state index contributed by atoms with van der Waals surface area (Å²) in [6, 6.07) is 18.4. The van der Waals surface area contributed by atoms with Gasteiger partial charge in [-0.2, -0.15) is 0 Å². The maximum atomic E-state index is 13.2. The molecule has 150 valence electrons. The predicted molar refractivity (Wildman–Crippen MR) is 113 cm³/mol. The zero-order valence-corrected chi connectivity index (χ0v) is 17.1. The third kappa shape index (κ3) is 4.63. The van der Waals surface area contributed by atoms with E-state index >= 15 is 0 Å². The number of pyridine rings is 1. The normalized spacial score (nSPS) is 12.2. The first-order valence-corrected chi connectivity index (χ1v) is 10.8. The summed E-state index contributed by atoms with van der Waals surface area (Å²) in [6.07, 6.45) is 3.35. The van der Waals surface area contributed by atoms with Crippen LogP contribution in [-0.4, -0.2) is 25.9 Å². The maximum Gasteiger partial charge on any atom is 0.264 e. The molecule has 1 N–H and O–H groups in total. The van der Waals surface area contributed by atoms with Crippen LogP contribution in [0.2, 0.25) is 0 Å². The highest BCUT2D eigenvalue weighted by molar-refractivity contribution is 7.92. The standard InChI is InChI=1S/C22H23N3O3S/c1-3-25(20-11-5-4-6-12-20)29(27,28)21-13-7-9-18(15-21)22(26)24-17(2)19-10-8-14-23-16-19/h4-17H,3H2,1-2H3,(H,24,26). The van der Waals surface area contributed by atoms with Crippen LogP contribution in [0.5, 0.6) is 0 Å². The molecule has 7 heteroatoms. The Hall–Kier alpha value is -3.19. The molecule has 0 saturated carbocycles. The zero-order chi connectivity index (χ0) is 20.9. The van der Waals surface area contributed by atoms with Gasteiger partial charge < -0.3 is 5.32 Å². The molecule has 3 aromatic rings. The van der Waals surface area contributed by atoms with Gasteiger partial charge in [-0.1, -0.05) is 30.3 Å². The Bertz CT molecular complexity index is 1070. The van der Waals surface area contributed by atoms with E-state index in [1.807, 2.05) is 19.1 Å². The summed E-state index contributed by atoms with van der Waals surface area (Å²) in [5.41, 5.74) is 1.73. The van der Waals surface area contributed by atoms with E-state index in [0.717, 1.165) is 5.56 Å². The van der Waals surface area contributed by atoms with Crippen molar-refractivity contribution in [3.8, 4) is 0 Å². The summed E-state index contributed by atoms with van der Waals surface area (Å²) in [5, 5.41) is 2.88. The minimum Gasteiger partial charge on any atom is -0.345 e. The van der Waals surface area contributed by atoms with Crippen LogP contribution in [0.4, 0.5) is 5.69 Å². The first-order chi connectivity index (χ1) is 13.9. The molecule has 6 nitrogen and oxygen atoms in total. The third-order valence-corrected chi connectivity index (χ3v) is 6.45. The van der Waals surface area contributed by atoms with Gasteiger partial charge in [0.25, 0.3) is 15.9 Å². The molecule has 0 fully saturated rings. The lowest BCUT2D eigenvalue weighted by Gasteiger charge is -2.23. The summed E-state index contributed by atoms with van der Waals surface area (Å²) < 4.78 is 27.7. The highest BCUT2D eigenvalue weighted by atomic mass is 32.2. The number of sulfonamides is 1. The topological polar surface area (TPSA) is 79.4 Å². The third-order valence-electron chi connectivity index (χ3n) is 4.55. The van der Waals surface area contributed by atoms with Crippen LogP contribution in [-0.2, 0) is 10.0 Å². The number of rotatable bonds is 7. The van der Waals surface area contributed by atoms with Crippen LogP contribution >= 0.6 is 0 Å². The smallest absolute Gasteiger partial charge is 0.264 e. The van der Waals surface area contributed by atoms with Crippen molar-refractivity contribution in [2.45, 2.75) is 24.8 Å². The van der Waals surface area contributed by atoms with Gasteiger partial charge in [0.1, 0.15) is 0 Å². The van der Waals surface area contributed by atoms with Gasteiger partial charge in [0.05, 0.1) is 16.6 Å². The number of carbonyl (C=O) groups excluding carboxylic acids is 1. The molecule has 3 rings (SSSR count). The SMILES string of the molecule is CCN(c1ccccc1)S(=O)(=O)c1cccc(C(=O)NC(C)c2cccnc2)c1. The van der Waals surface area contributed by atoms with Gasteiger partial charge in [0, 0.05) is 24.5 Å². The highest BCUT2D eigenvalue weighted by Gasteiger charge is 2.24. The van der Waals surface area contributed by atoms with E-state index < -0.39 is 10.0 Å². The number of anilines is 1. The highest BCUT2D eigenvalue weighted by Crippen LogP contribution is 2.24. The van der Waals surface area contributed by atoms with E-state index in [1.165, 1.54) is 16.4 Å². The lowest BCUT2D eigenvalue weighted by molar-refractivity contribution is 0.0939. The molecule has 29 heavy (non-hydrogen) atoms. The summed E-state index contributed by atoms with van der Waals surface area (Å²) >= 11 is 0. The predicted octanol–water partition coefficient (Wildman–Crippen LogP) is 3.79. The van der Waals surface area contributed by atoms with Crippen molar-refractivity contribution in [1.82, 2.24) is 10.3 Å². The molecule has 2 aromatic carbocycles. The van der Waals surface area contributed by atoms with Crippen molar-refractivity contribution < 1.29 is 13.2 Å². The molecule has 0 saturated heterocycles. The second kappa shape index (κ2) is 8.87. The van der Waals surface area contributed by atoms with E-state index in [0.29, 0.717) is 5.69 Å². The molecule has 0 radical (unpaired) electrons. The van der Waals surface area contributed by atoms with E-state index in [4.69, 9.17) is 0 Å². The Morgan fingerprint density at radius 2 is 1.83 bits per heavy atom. The van der Waals surface area contributed by atoms with Gasteiger partial charge in [-0.15, -0.1) is 0 Å². The molecule has 0 bridgehead atoms. The second-order valence-corrected chi connectivity index (χ2v) is 8.38. The first-order valence-electron chi connectivity index (χ1n) is 9.32. The molecule has 1 aromatic heterocycles. The van der Waals surface area contributed by atoms with Gasteiger partial charge in [-0.05, 0) is 55.8 Å². The molecule has 0 aliphatic heterocycles. The molecule has 1 amide bonds. The number of hydrogen-bond acceptors (Lipinski definition) is 4. The van der Waals surface area contributed by atoms with Gasteiger partial charge in [-0.3, -0.25) is 14.1 Å². The lowest BCUT2D eigenvalue weighted by atomic mass is 10.1. The Kier molecular flexibility index (Phi) is 6.29. The van der Waals surface area contributed by atoms with Crippen LogP contribution in [0.3, 0.4) is 0 Å². The summed E-state index contributed by atoms with van der Waals surface area (Å²) in [4.78, 5) is 16.8. The van der Waals surface area contributed by atoms with E-state index in [1.54, 1.807) is 61.8 Å². The van der Waals surface area contributed by atoms with Crippen LogP contribution < -0.4 is 9.62 Å². The number of aromatic nitrogens is 1. The van der Waals surface area contributed by atoms with Crippen molar-refractivity contribution in [2.24, 2.45) is 0 Å². The molecule has 0 aliphatic rings. The monoisotopic (exact) mass is 409 g/mol. The van der Waals surface area contributed by atoms with Gasteiger partial charge in [-0.25, -0.2) is 8.42 Å². The maximum absolute atomic E-state index is 13.2. The van der Waals surface area contributed by atoms with Crippen LogP contribution in [0.1, 0.15) is 35.8 Å². The van der Waals surface area contributed by atoms with Crippen molar-refractivity contribution in [3.05, 3.63) is 90.3 Å². The molecular formula is C22H23N3O3S. The number of amides is 1.